The lowest BCUT2D eigenvalue weighted by Crippen LogP contribution is -2.56. The molecule has 1 spiro atoms. The first-order valence-corrected chi connectivity index (χ1v) is 16.7. The topological polar surface area (TPSA) is 54.0 Å². The van der Waals surface area contributed by atoms with E-state index in [1.54, 1.807) is 7.11 Å². The number of rotatable bonds is 4. The number of methoxy groups -OCH3 is 1. The van der Waals surface area contributed by atoms with Crippen LogP contribution in [0.5, 0.6) is 0 Å². The Kier molecular flexibility index (Phi) is 6.93. The Hall–Kier alpha value is -0.433. The first-order valence-electron chi connectivity index (χ1n) is 13.7. The van der Waals surface area contributed by atoms with Gasteiger partial charge in [0.1, 0.15) is 0 Å². The summed E-state index contributed by atoms with van der Waals surface area (Å²) in [5, 5.41) is 0.166. The number of hydrogen-bond acceptors (Lipinski definition) is 5. The molecule has 3 saturated carbocycles. The molecule has 1 heterocycles. The average molecular weight is 495 g/mol. The summed E-state index contributed by atoms with van der Waals surface area (Å²) in [5.74, 6) is 1.07. The Morgan fingerprint density at radius 1 is 0.971 bits per heavy atom. The van der Waals surface area contributed by atoms with E-state index < -0.39 is 8.32 Å². The maximum absolute atomic E-state index is 13.2. The molecule has 4 fully saturated rings. The van der Waals surface area contributed by atoms with Gasteiger partial charge in [0.2, 0.25) is 0 Å². The van der Waals surface area contributed by atoms with Gasteiger partial charge >= 0.3 is 5.97 Å². The van der Waals surface area contributed by atoms with Gasteiger partial charge in [-0.1, -0.05) is 41.5 Å². The van der Waals surface area contributed by atoms with E-state index in [1.807, 2.05) is 0 Å². The molecule has 5 nitrogen and oxygen atoms in total. The predicted molar refractivity (Wildman–Crippen MR) is 137 cm³/mol. The van der Waals surface area contributed by atoms with E-state index in [0.717, 1.165) is 58.2 Å². The van der Waals surface area contributed by atoms with E-state index in [1.165, 1.54) is 0 Å². The zero-order chi connectivity index (χ0) is 25.2. The third-order valence-electron chi connectivity index (χ3n) is 11.4. The molecule has 196 valence electrons. The Bertz CT molecular complexity index is 769. The maximum Gasteiger partial charge on any atom is 0.309 e. The molecule has 7 atom stereocenters. The van der Waals surface area contributed by atoms with Crippen LogP contribution in [-0.2, 0) is 23.4 Å². The Morgan fingerprint density at radius 2 is 1.59 bits per heavy atom. The summed E-state index contributed by atoms with van der Waals surface area (Å²) in [6.45, 7) is 20.2. The second-order valence-corrected chi connectivity index (χ2v) is 18.6. The normalized spacial score (nSPS) is 42.6. The molecule has 0 radical (unpaired) electrons. The van der Waals surface area contributed by atoms with Crippen LogP contribution in [-0.4, -0.2) is 46.5 Å². The molecule has 1 unspecified atom stereocenters. The van der Waals surface area contributed by atoms with Crippen LogP contribution in [0.25, 0.3) is 0 Å². The van der Waals surface area contributed by atoms with Gasteiger partial charge in [0.15, 0.2) is 14.1 Å². The van der Waals surface area contributed by atoms with Gasteiger partial charge in [0.25, 0.3) is 0 Å². The molecule has 4 aliphatic rings. The monoisotopic (exact) mass is 494 g/mol. The molecule has 34 heavy (non-hydrogen) atoms. The van der Waals surface area contributed by atoms with Crippen molar-refractivity contribution in [2.24, 2.45) is 34.5 Å². The molecular formula is C28H50O5Si. The summed E-state index contributed by atoms with van der Waals surface area (Å²) >= 11 is 0. The molecule has 1 aliphatic heterocycles. The minimum Gasteiger partial charge on any atom is -0.469 e. The second kappa shape index (κ2) is 8.85. The highest BCUT2D eigenvalue weighted by Crippen LogP contribution is 2.66. The number of carbonyl (C=O) groups is 1. The van der Waals surface area contributed by atoms with Gasteiger partial charge in [-0.3, -0.25) is 4.79 Å². The smallest absolute Gasteiger partial charge is 0.309 e. The maximum atomic E-state index is 13.2. The average Bonchev–Trinajstić information content (AvgIpc) is 3.34. The molecule has 4 rings (SSSR count). The number of ether oxygens (including phenoxy) is 3. The summed E-state index contributed by atoms with van der Waals surface area (Å²) in [7, 11) is -0.339. The van der Waals surface area contributed by atoms with Gasteiger partial charge in [0, 0.05) is 17.9 Å². The predicted octanol–water partition coefficient (Wildman–Crippen LogP) is 6.56. The van der Waals surface area contributed by atoms with E-state index in [2.05, 4.69) is 54.6 Å². The molecule has 0 aromatic heterocycles. The van der Waals surface area contributed by atoms with Gasteiger partial charge in [-0.2, -0.15) is 0 Å². The molecule has 0 aromatic carbocycles. The van der Waals surface area contributed by atoms with E-state index in [9.17, 15) is 4.79 Å². The standard InChI is InChI=1S/C28H50O5Si/c1-19-21(11-14-27(6)22(19)12-15-28(27)31-16-17-32-28)26(5)13-10-20(18-23(26)24(29)30-7)33-34(8,9)25(2,3)4/h19-23H,10-18H2,1-9H3/t19-,20?,21+,22+,23-,26-,27+/m1/s1. The van der Waals surface area contributed by atoms with Gasteiger partial charge in [-0.25, -0.2) is 0 Å². The molecular weight excluding hydrogens is 444 g/mol. The number of carbonyl (C=O) groups excluding carboxylic acids is 1. The van der Waals surface area contributed by atoms with E-state index >= 15 is 0 Å². The van der Waals surface area contributed by atoms with Crippen molar-refractivity contribution < 1.29 is 23.4 Å². The number of hydrogen-bond donors (Lipinski definition) is 0. The van der Waals surface area contributed by atoms with Crippen LogP contribution in [0.3, 0.4) is 0 Å². The highest BCUT2D eigenvalue weighted by atomic mass is 28.4. The summed E-state index contributed by atoms with van der Waals surface area (Å²) in [6, 6.07) is 0. The number of fused-ring (bicyclic) bond motifs is 2. The van der Waals surface area contributed by atoms with Crippen molar-refractivity contribution in [2.75, 3.05) is 20.3 Å². The quantitative estimate of drug-likeness (QED) is 0.327. The second-order valence-electron chi connectivity index (χ2n) is 13.9. The largest absolute Gasteiger partial charge is 0.469 e. The molecule has 3 aliphatic carbocycles. The zero-order valence-corrected chi connectivity index (χ0v) is 24.3. The lowest BCUT2D eigenvalue weighted by Gasteiger charge is -2.57. The Labute approximate surface area is 209 Å². The summed E-state index contributed by atoms with van der Waals surface area (Å²) in [4.78, 5) is 13.2. The van der Waals surface area contributed by atoms with Crippen molar-refractivity contribution in [3.8, 4) is 0 Å². The van der Waals surface area contributed by atoms with Crippen LogP contribution in [0, 0.1) is 34.5 Å². The fourth-order valence-electron chi connectivity index (χ4n) is 8.26. The molecule has 0 amide bonds. The third-order valence-corrected chi connectivity index (χ3v) is 15.9. The van der Waals surface area contributed by atoms with Crippen LogP contribution in [0.2, 0.25) is 18.1 Å². The first-order chi connectivity index (χ1) is 15.7. The number of esters is 1. The molecule has 0 bridgehead atoms. The molecule has 1 saturated heterocycles. The van der Waals surface area contributed by atoms with Crippen LogP contribution in [0.4, 0.5) is 0 Å². The highest BCUT2D eigenvalue weighted by molar-refractivity contribution is 6.74. The first kappa shape index (κ1) is 26.6. The van der Waals surface area contributed by atoms with Gasteiger partial charge < -0.3 is 18.6 Å². The fraction of sp³-hybridized carbons (Fsp3) is 0.964. The van der Waals surface area contributed by atoms with Crippen molar-refractivity contribution in [2.45, 2.75) is 117 Å². The van der Waals surface area contributed by atoms with Crippen molar-refractivity contribution in [1.29, 1.82) is 0 Å². The van der Waals surface area contributed by atoms with Crippen molar-refractivity contribution in [3.05, 3.63) is 0 Å². The Morgan fingerprint density at radius 3 is 2.18 bits per heavy atom. The summed E-state index contributed by atoms with van der Waals surface area (Å²) < 4.78 is 24.8. The lowest BCUT2D eigenvalue weighted by molar-refractivity contribution is -0.243. The Balaban J connectivity index is 1.55. The lowest BCUT2D eigenvalue weighted by atomic mass is 9.49. The van der Waals surface area contributed by atoms with Gasteiger partial charge in [-0.05, 0) is 79.8 Å². The minimum atomic E-state index is -1.89. The third kappa shape index (κ3) is 4.03. The van der Waals surface area contributed by atoms with E-state index in [4.69, 9.17) is 18.6 Å². The summed E-state index contributed by atoms with van der Waals surface area (Å²) in [5.41, 5.74) is 0.00740. The van der Waals surface area contributed by atoms with Crippen LogP contribution in [0.15, 0.2) is 0 Å². The van der Waals surface area contributed by atoms with Crippen LogP contribution < -0.4 is 0 Å². The fourth-order valence-corrected chi connectivity index (χ4v) is 9.66. The SMILES string of the molecule is COC(=O)[C@H]1CC(O[Si](C)(C)C(C)(C)C)CC[C@]1(C)[C@H]1CC[C@@]2(C)[C@@H](CCC23OCCO3)[C@@H]1C. The summed E-state index contributed by atoms with van der Waals surface area (Å²) in [6.07, 6.45) is 7.41. The van der Waals surface area contributed by atoms with Crippen LogP contribution in [0.1, 0.15) is 86.5 Å². The minimum absolute atomic E-state index is 0.0445. The molecule has 0 aromatic rings. The van der Waals surface area contributed by atoms with Crippen LogP contribution >= 0.6 is 0 Å². The van der Waals surface area contributed by atoms with Crippen molar-refractivity contribution in [1.82, 2.24) is 0 Å². The van der Waals surface area contributed by atoms with Gasteiger partial charge in [0.05, 0.1) is 26.2 Å². The highest BCUT2D eigenvalue weighted by Gasteiger charge is 2.66. The zero-order valence-electron chi connectivity index (χ0n) is 23.3. The van der Waals surface area contributed by atoms with E-state index in [-0.39, 0.29) is 39.6 Å². The molecule has 0 N–H and O–H groups in total. The van der Waals surface area contributed by atoms with E-state index in [0.29, 0.717) is 17.8 Å². The van der Waals surface area contributed by atoms with Crippen molar-refractivity contribution >= 4 is 14.3 Å². The molecule has 6 heteroatoms. The van der Waals surface area contributed by atoms with Crippen molar-refractivity contribution in [3.63, 3.8) is 0 Å². The van der Waals surface area contributed by atoms with Gasteiger partial charge in [-0.15, -0.1) is 0 Å².